The summed E-state index contributed by atoms with van der Waals surface area (Å²) in [6, 6.07) is 3.47. The van der Waals surface area contributed by atoms with E-state index in [2.05, 4.69) is 21.2 Å². The second-order valence-electron chi connectivity index (χ2n) is 4.58. The van der Waals surface area contributed by atoms with Crippen LogP contribution in [-0.2, 0) is 6.18 Å². The van der Waals surface area contributed by atoms with Gasteiger partial charge in [0.25, 0.3) is 5.91 Å². The van der Waals surface area contributed by atoms with Crippen LogP contribution in [0.2, 0.25) is 0 Å². The van der Waals surface area contributed by atoms with Crippen molar-refractivity contribution in [1.82, 2.24) is 5.32 Å². The molecule has 0 aromatic heterocycles. The van der Waals surface area contributed by atoms with Gasteiger partial charge in [-0.15, -0.1) is 0 Å². The summed E-state index contributed by atoms with van der Waals surface area (Å²) in [4.78, 5) is 11.8. The number of aliphatic hydroxyl groups is 1. The van der Waals surface area contributed by atoms with Crippen LogP contribution in [0.25, 0.3) is 0 Å². The van der Waals surface area contributed by atoms with Gasteiger partial charge in [-0.25, -0.2) is 0 Å². The van der Waals surface area contributed by atoms with Gasteiger partial charge in [-0.05, 0) is 31.0 Å². The lowest BCUT2D eigenvalue weighted by Crippen LogP contribution is -2.27. The summed E-state index contributed by atoms with van der Waals surface area (Å²) in [7, 11) is 0. The third-order valence-electron chi connectivity index (χ3n) is 2.90. The van der Waals surface area contributed by atoms with Crippen LogP contribution < -0.4 is 5.32 Å². The predicted molar refractivity (Wildman–Crippen MR) is 77.0 cm³/mol. The van der Waals surface area contributed by atoms with Gasteiger partial charge >= 0.3 is 6.18 Å². The molecule has 118 valence electrons. The predicted octanol–water partition coefficient (Wildman–Crippen LogP) is 3.75. The number of unbranched alkanes of at least 4 members (excludes halogenated alkanes) is 3. The third-order valence-corrected chi connectivity index (χ3v) is 3.40. The van der Waals surface area contributed by atoms with Crippen LogP contribution in [0.4, 0.5) is 13.2 Å². The van der Waals surface area contributed by atoms with Gasteiger partial charge in [0.2, 0.25) is 0 Å². The van der Waals surface area contributed by atoms with Gasteiger partial charge in [0.1, 0.15) is 0 Å². The summed E-state index contributed by atoms with van der Waals surface area (Å²) in [5.41, 5.74) is -1.32. The normalized spacial score (nSPS) is 11.5. The van der Waals surface area contributed by atoms with Gasteiger partial charge < -0.3 is 10.4 Å². The van der Waals surface area contributed by atoms with Crippen molar-refractivity contribution in [2.24, 2.45) is 0 Å². The monoisotopic (exact) mass is 367 g/mol. The van der Waals surface area contributed by atoms with Gasteiger partial charge in [-0.1, -0.05) is 28.8 Å². The van der Waals surface area contributed by atoms with Gasteiger partial charge in [0, 0.05) is 17.6 Å². The molecule has 0 aliphatic rings. The fourth-order valence-electron chi connectivity index (χ4n) is 1.84. The molecule has 7 heteroatoms. The quantitative estimate of drug-likeness (QED) is 0.721. The third kappa shape index (κ3) is 6.05. The number of halogens is 4. The van der Waals surface area contributed by atoms with E-state index in [0.717, 1.165) is 25.0 Å². The zero-order chi connectivity index (χ0) is 15.9. The topological polar surface area (TPSA) is 49.3 Å². The zero-order valence-electron chi connectivity index (χ0n) is 11.3. The molecule has 1 amide bonds. The van der Waals surface area contributed by atoms with E-state index in [-0.39, 0.29) is 16.6 Å². The zero-order valence-corrected chi connectivity index (χ0v) is 12.9. The Morgan fingerprint density at radius 2 is 1.86 bits per heavy atom. The van der Waals surface area contributed by atoms with Crippen LogP contribution in [0.15, 0.2) is 22.7 Å². The lowest BCUT2D eigenvalue weighted by molar-refractivity contribution is -0.138. The Hall–Kier alpha value is -1.08. The van der Waals surface area contributed by atoms with Crippen LogP contribution in [0.5, 0.6) is 0 Å². The molecule has 3 nitrogen and oxygen atoms in total. The smallest absolute Gasteiger partial charge is 0.396 e. The van der Waals surface area contributed by atoms with Crippen molar-refractivity contribution in [1.29, 1.82) is 0 Å². The van der Waals surface area contributed by atoms with E-state index in [1.165, 1.54) is 6.07 Å². The number of hydrogen-bond acceptors (Lipinski definition) is 2. The van der Waals surface area contributed by atoms with E-state index in [4.69, 9.17) is 5.11 Å². The molecule has 0 heterocycles. The number of hydrogen-bond donors (Lipinski definition) is 2. The van der Waals surface area contributed by atoms with E-state index in [9.17, 15) is 18.0 Å². The number of nitrogens with one attached hydrogen (secondary N) is 1. The van der Waals surface area contributed by atoms with Gasteiger partial charge in [0.05, 0.1) is 11.1 Å². The highest BCUT2D eigenvalue weighted by molar-refractivity contribution is 9.10. The highest BCUT2D eigenvalue weighted by Gasteiger charge is 2.35. The summed E-state index contributed by atoms with van der Waals surface area (Å²) in [5.74, 6) is -0.725. The fourth-order valence-corrected chi connectivity index (χ4v) is 2.20. The molecule has 21 heavy (non-hydrogen) atoms. The van der Waals surface area contributed by atoms with Crippen molar-refractivity contribution in [3.05, 3.63) is 33.8 Å². The molecule has 0 unspecified atom stereocenters. The lowest BCUT2D eigenvalue weighted by Gasteiger charge is -2.13. The molecule has 2 N–H and O–H groups in total. The standard InChI is InChI=1S/C14H17BrF3NO2/c15-10-5-6-11(12(9-10)14(16,17)18)13(21)19-7-3-1-2-4-8-20/h5-6,9,20H,1-4,7-8H2,(H,19,21). The van der Waals surface area contributed by atoms with Crippen molar-refractivity contribution in [3.63, 3.8) is 0 Å². The van der Waals surface area contributed by atoms with Crippen molar-refractivity contribution in [2.75, 3.05) is 13.2 Å². The highest BCUT2D eigenvalue weighted by Crippen LogP contribution is 2.33. The molecule has 0 radical (unpaired) electrons. The first-order valence-electron chi connectivity index (χ1n) is 6.62. The Balaban J connectivity index is 2.62. The van der Waals surface area contributed by atoms with Gasteiger partial charge in [-0.3, -0.25) is 4.79 Å². The number of carbonyl (C=O) groups is 1. The first kappa shape index (κ1) is 18.0. The average molecular weight is 368 g/mol. The van der Waals surface area contributed by atoms with Crippen molar-refractivity contribution in [3.8, 4) is 0 Å². The van der Waals surface area contributed by atoms with E-state index in [0.29, 0.717) is 19.4 Å². The largest absolute Gasteiger partial charge is 0.417 e. The Morgan fingerprint density at radius 3 is 2.48 bits per heavy atom. The van der Waals surface area contributed by atoms with Gasteiger partial charge in [-0.2, -0.15) is 13.2 Å². The minimum atomic E-state index is -4.57. The molecule has 0 saturated carbocycles. The molecule has 1 aromatic carbocycles. The fraction of sp³-hybridized carbons (Fsp3) is 0.500. The molecule has 0 aliphatic heterocycles. The molecular weight excluding hydrogens is 351 g/mol. The summed E-state index contributed by atoms with van der Waals surface area (Å²) in [5, 5.41) is 11.1. The lowest BCUT2D eigenvalue weighted by atomic mass is 10.1. The number of aliphatic hydroxyl groups excluding tert-OH is 1. The average Bonchev–Trinajstić information content (AvgIpc) is 2.41. The Kier molecular flexibility index (Phi) is 7.17. The Labute approximate surface area is 129 Å². The van der Waals surface area contributed by atoms with Crippen LogP contribution in [0.3, 0.4) is 0 Å². The Morgan fingerprint density at radius 1 is 1.19 bits per heavy atom. The summed E-state index contributed by atoms with van der Waals surface area (Å²) in [6.07, 6.45) is -1.56. The Bertz CT molecular complexity index is 478. The maximum absolute atomic E-state index is 12.9. The minimum Gasteiger partial charge on any atom is -0.396 e. The molecule has 0 atom stereocenters. The number of benzene rings is 1. The second kappa shape index (κ2) is 8.38. The van der Waals surface area contributed by atoms with Crippen LogP contribution in [-0.4, -0.2) is 24.2 Å². The molecular formula is C14H17BrF3NO2. The SMILES string of the molecule is O=C(NCCCCCCO)c1ccc(Br)cc1C(F)(F)F. The maximum Gasteiger partial charge on any atom is 0.417 e. The summed E-state index contributed by atoms with van der Waals surface area (Å²) in [6.45, 7) is 0.442. The van der Waals surface area contributed by atoms with Crippen LogP contribution in [0, 0.1) is 0 Å². The molecule has 0 aliphatic carbocycles. The number of amides is 1. The van der Waals surface area contributed by atoms with Gasteiger partial charge in [0.15, 0.2) is 0 Å². The maximum atomic E-state index is 12.9. The number of alkyl halides is 3. The molecule has 0 spiro atoms. The van der Waals surface area contributed by atoms with Crippen molar-refractivity contribution >= 4 is 21.8 Å². The molecule has 0 fully saturated rings. The first-order chi connectivity index (χ1) is 9.86. The van der Waals surface area contributed by atoms with Crippen LogP contribution >= 0.6 is 15.9 Å². The summed E-state index contributed by atoms with van der Waals surface area (Å²) < 4.78 is 38.9. The van der Waals surface area contributed by atoms with E-state index >= 15 is 0 Å². The first-order valence-corrected chi connectivity index (χ1v) is 7.41. The highest BCUT2D eigenvalue weighted by atomic mass is 79.9. The van der Waals surface area contributed by atoms with Crippen molar-refractivity contribution in [2.45, 2.75) is 31.9 Å². The second-order valence-corrected chi connectivity index (χ2v) is 5.50. The molecule has 0 bridgehead atoms. The van der Waals surface area contributed by atoms with E-state index < -0.39 is 17.6 Å². The number of carbonyl (C=O) groups excluding carboxylic acids is 1. The minimum absolute atomic E-state index is 0.125. The van der Waals surface area contributed by atoms with E-state index in [1.807, 2.05) is 0 Å². The number of rotatable bonds is 7. The molecule has 1 rings (SSSR count). The van der Waals surface area contributed by atoms with E-state index in [1.54, 1.807) is 0 Å². The van der Waals surface area contributed by atoms with Crippen LogP contribution in [0.1, 0.15) is 41.6 Å². The summed E-state index contributed by atoms with van der Waals surface area (Å²) >= 11 is 2.97. The molecule has 0 saturated heterocycles. The van der Waals surface area contributed by atoms with Crippen molar-refractivity contribution < 1.29 is 23.1 Å². The molecule has 1 aromatic rings.